The standard InChI is InChI=1S/C16H28N4/c1-5-15-9-14(11-17-6-2)10-16(18-15)20-8-7-19(4)12-13(20)3/h9-10,13,17H,5-8,11-12H2,1-4H3. The van der Waals surface area contributed by atoms with Gasteiger partial charge in [0.25, 0.3) is 0 Å². The first-order valence-electron chi connectivity index (χ1n) is 7.79. The molecule has 0 aromatic carbocycles. The number of aryl methyl sites for hydroxylation is 1. The number of nitrogens with zero attached hydrogens (tertiary/aromatic N) is 3. The third kappa shape index (κ3) is 3.70. The molecule has 1 N–H and O–H groups in total. The van der Waals surface area contributed by atoms with E-state index in [1.807, 2.05) is 0 Å². The minimum Gasteiger partial charge on any atom is -0.351 e. The Labute approximate surface area is 123 Å². The molecule has 1 aromatic heterocycles. The lowest BCUT2D eigenvalue weighted by molar-refractivity contribution is 0.274. The molecule has 1 saturated heterocycles. The van der Waals surface area contributed by atoms with Crippen molar-refractivity contribution in [2.24, 2.45) is 0 Å². The topological polar surface area (TPSA) is 31.4 Å². The van der Waals surface area contributed by atoms with Gasteiger partial charge in [-0.3, -0.25) is 0 Å². The largest absolute Gasteiger partial charge is 0.351 e. The molecule has 4 heteroatoms. The Hall–Kier alpha value is -1.13. The molecule has 0 aliphatic carbocycles. The van der Waals surface area contributed by atoms with Gasteiger partial charge in [-0.15, -0.1) is 0 Å². The Morgan fingerprint density at radius 3 is 2.75 bits per heavy atom. The number of anilines is 1. The van der Waals surface area contributed by atoms with Gasteiger partial charge in [-0.1, -0.05) is 13.8 Å². The number of pyridine rings is 1. The van der Waals surface area contributed by atoms with E-state index in [1.165, 1.54) is 11.3 Å². The van der Waals surface area contributed by atoms with Gasteiger partial charge in [0.2, 0.25) is 0 Å². The van der Waals surface area contributed by atoms with Crippen LogP contribution in [0.4, 0.5) is 5.82 Å². The molecule has 20 heavy (non-hydrogen) atoms. The van der Waals surface area contributed by atoms with Crippen LogP contribution in [-0.2, 0) is 13.0 Å². The fourth-order valence-corrected chi connectivity index (χ4v) is 2.81. The first-order chi connectivity index (χ1) is 9.63. The van der Waals surface area contributed by atoms with E-state index in [0.29, 0.717) is 6.04 Å². The first kappa shape index (κ1) is 15.3. The van der Waals surface area contributed by atoms with E-state index in [2.05, 4.69) is 55.1 Å². The molecule has 0 amide bonds. The second-order valence-electron chi connectivity index (χ2n) is 5.76. The molecule has 0 saturated carbocycles. The predicted octanol–water partition coefficient (Wildman–Crippen LogP) is 1.89. The number of piperazine rings is 1. The molecule has 2 rings (SSSR count). The van der Waals surface area contributed by atoms with E-state index >= 15 is 0 Å². The van der Waals surface area contributed by atoms with Crippen LogP contribution in [0.2, 0.25) is 0 Å². The van der Waals surface area contributed by atoms with Gasteiger partial charge in [-0.05, 0) is 44.6 Å². The maximum atomic E-state index is 4.84. The molecule has 0 bridgehead atoms. The molecule has 1 aromatic rings. The molecular formula is C16H28N4. The molecule has 1 atom stereocenters. The van der Waals surface area contributed by atoms with Crippen molar-refractivity contribution in [3.63, 3.8) is 0 Å². The predicted molar refractivity (Wildman–Crippen MR) is 85.3 cm³/mol. The monoisotopic (exact) mass is 276 g/mol. The average Bonchev–Trinajstić information content (AvgIpc) is 2.44. The summed E-state index contributed by atoms with van der Waals surface area (Å²) in [5.41, 5.74) is 2.54. The molecule has 1 unspecified atom stereocenters. The van der Waals surface area contributed by atoms with E-state index < -0.39 is 0 Å². The number of hydrogen-bond donors (Lipinski definition) is 1. The fraction of sp³-hybridized carbons (Fsp3) is 0.688. The number of likely N-dealkylation sites (N-methyl/N-ethyl adjacent to an activating group) is 1. The van der Waals surface area contributed by atoms with Crippen molar-refractivity contribution in [1.82, 2.24) is 15.2 Å². The van der Waals surface area contributed by atoms with Gasteiger partial charge in [0.05, 0.1) is 0 Å². The second-order valence-corrected chi connectivity index (χ2v) is 5.76. The zero-order valence-corrected chi connectivity index (χ0v) is 13.3. The van der Waals surface area contributed by atoms with Gasteiger partial charge in [-0.25, -0.2) is 4.98 Å². The van der Waals surface area contributed by atoms with Gasteiger partial charge in [-0.2, -0.15) is 0 Å². The van der Waals surface area contributed by atoms with Crippen molar-refractivity contribution in [2.75, 3.05) is 38.1 Å². The highest BCUT2D eigenvalue weighted by Gasteiger charge is 2.23. The SMILES string of the molecule is CCNCc1cc(CC)nc(N2CCN(C)CC2C)c1. The van der Waals surface area contributed by atoms with E-state index in [1.54, 1.807) is 0 Å². The summed E-state index contributed by atoms with van der Waals surface area (Å²) in [6.45, 7) is 11.8. The second kappa shape index (κ2) is 7.04. The summed E-state index contributed by atoms with van der Waals surface area (Å²) in [5, 5.41) is 3.41. The molecular weight excluding hydrogens is 248 g/mol. The minimum atomic E-state index is 0.528. The van der Waals surface area contributed by atoms with Crippen molar-refractivity contribution < 1.29 is 0 Å². The molecule has 1 fully saturated rings. The lowest BCUT2D eigenvalue weighted by Crippen LogP contribution is -2.50. The Morgan fingerprint density at radius 2 is 2.10 bits per heavy atom. The van der Waals surface area contributed by atoms with Gasteiger partial charge >= 0.3 is 0 Å². The summed E-state index contributed by atoms with van der Waals surface area (Å²) in [4.78, 5) is 9.68. The summed E-state index contributed by atoms with van der Waals surface area (Å²) in [6.07, 6.45) is 0.995. The Morgan fingerprint density at radius 1 is 1.30 bits per heavy atom. The van der Waals surface area contributed by atoms with E-state index in [4.69, 9.17) is 4.98 Å². The number of hydrogen-bond acceptors (Lipinski definition) is 4. The van der Waals surface area contributed by atoms with Gasteiger partial charge < -0.3 is 15.1 Å². The van der Waals surface area contributed by atoms with E-state index in [-0.39, 0.29) is 0 Å². The molecule has 1 aliphatic heterocycles. The molecule has 0 spiro atoms. The lowest BCUT2D eigenvalue weighted by Gasteiger charge is -2.39. The zero-order chi connectivity index (χ0) is 14.5. The van der Waals surface area contributed by atoms with Crippen LogP contribution in [0.3, 0.4) is 0 Å². The van der Waals surface area contributed by atoms with Crippen molar-refractivity contribution in [3.8, 4) is 0 Å². The Balaban J connectivity index is 2.21. The van der Waals surface area contributed by atoms with Crippen LogP contribution in [0.25, 0.3) is 0 Å². The molecule has 2 heterocycles. The first-order valence-corrected chi connectivity index (χ1v) is 7.79. The van der Waals surface area contributed by atoms with E-state index in [9.17, 15) is 0 Å². The Bertz CT molecular complexity index is 432. The summed E-state index contributed by atoms with van der Waals surface area (Å²) < 4.78 is 0. The van der Waals surface area contributed by atoms with Crippen LogP contribution in [0.15, 0.2) is 12.1 Å². The summed E-state index contributed by atoms with van der Waals surface area (Å²) in [6, 6.07) is 5.01. The number of nitrogens with one attached hydrogen (secondary N) is 1. The molecule has 0 radical (unpaired) electrons. The Kier molecular flexibility index (Phi) is 5.38. The molecule has 112 valence electrons. The van der Waals surface area contributed by atoms with Crippen LogP contribution in [0, 0.1) is 0 Å². The maximum Gasteiger partial charge on any atom is 0.129 e. The van der Waals surface area contributed by atoms with Crippen LogP contribution in [0.5, 0.6) is 0 Å². The smallest absolute Gasteiger partial charge is 0.129 e. The van der Waals surface area contributed by atoms with E-state index in [0.717, 1.165) is 45.0 Å². The van der Waals surface area contributed by atoms with Crippen molar-refractivity contribution in [1.29, 1.82) is 0 Å². The molecule has 4 nitrogen and oxygen atoms in total. The van der Waals surface area contributed by atoms with Gasteiger partial charge in [0.15, 0.2) is 0 Å². The number of aromatic nitrogens is 1. The van der Waals surface area contributed by atoms with Crippen molar-refractivity contribution in [2.45, 2.75) is 39.8 Å². The zero-order valence-electron chi connectivity index (χ0n) is 13.3. The van der Waals surface area contributed by atoms with Crippen molar-refractivity contribution >= 4 is 5.82 Å². The average molecular weight is 276 g/mol. The van der Waals surface area contributed by atoms with Crippen LogP contribution >= 0.6 is 0 Å². The lowest BCUT2D eigenvalue weighted by atomic mass is 10.1. The summed E-state index contributed by atoms with van der Waals surface area (Å²) in [7, 11) is 2.19. The van der Waals surface area contributed by atoms with Gasteiger partial charge in [0, 0.05) is 37.9 Å². The highest BCUT2D eigenvalue weighted by molar-refractivity contribution is 5.44. The summed E-state index contributed by atoms with van der Waals surface area (Å²) >= 11 is 0. The minimum absolute atomic E-state index is 0.528. The third-order valence-corrected chi connectivity index (χ3v) is 3.99. The fourth-order valence-electron chi connectivity index (χ4n) is 2.81. The van der Waals surface area contributed by atoms with Crippen LogP contribution in [0.1, 0.15) is 32.0 Å². The van der Waals surface area contributed by atoms with Crippen LogP contribution < -0.4 is 10.2 Å². The normalized spacial score (nSPS) is 20.4. The highest BCUT2D eigenvalue weighted by atomic mass is 15.3. The highest BCUT2D eigenvalue weighted by Crippen LogP contribution is 2.20. The molecule has 1 aliphatic rings. The van der Waals surface area contributed by atoms with Gasteiger partial charge in [0.1, 0.15) is 5.82 Å². The number of rotatable bonds is 5. The van der Waals surface area contributed by atoms with Crippen molar-refractivity contribution in [3.05, 3.63) is 23.4 Å². The third-order valence-electron chi connectivity index (χ3n) is 3.99. The summed E-state index contributed by atoms with van der Waals surface area (Å²) in [5.74, 6) is 1.15. The van der Waals surface area contributed by atoms with Crippen LogP contribution in [-0.4, -0.2) is 49.2 Å². The maximum absolute atomic E-state index is 4.84. The quantitative estimate of drug-likeness (QED) is 0.890.